The van der Waals surface area contributed by atoms with E-state index in [0.717, 1.165) is 0 Å². The zero-order valence-corrected chi connectivity index (χ0v) is 7.98. The molecule has 4 atom stereocenters. The Morgan fingerprint density at radius 1 is 0.647 bits per heavy atom. The van der Waals surface area contributed by atoms with Crippen molar-refractivity contribution in [2.75, 3.05) is 0 Å². The van der Waals surface area contributed by atoms with Crippen LogP contribution in [-0.4, -0.2) is 36.1 Å². The van der Waals surface area contributed by atoms with E-state index in [-0.39, 0.29) is 0 Å². The van der Waals surface area contributed by atoms with E-state index >= 15 is 0 Å². The maximum Gasteiger partial charge on any atom is 0.106 e. The highest BCUT2D eigenvalue weighted by Gasteiger charge is 2.47. The maximum absolute atomic E-state index is 10.6. The summed E-state index contributed by atoms with van der Waals surface area (Å²) in [5.41, 5.74) is 0. The summed E-state index contributed by atoms with van der Waals surface area (Å²) in [5, 5.41) is 42.2. The van der Waals surface area contributed by atoms with E-state index in [9.17, 15) is 39.6 Å². The second-order valence-electron chi connectivity index (χ2n) is 3.30. The first-order valence-corrected chi connectivity index (χ1v) is 4.26. The lowest BCUT2D eigenvalue weighted by Crippen LogP contribution is -2.52. The number of carboxylic acid groups (broad SMARTS) is 4. The number of hydrogen-bond acceptors (Lipinski definition) is 9. The molecule has 0 radical (unpaired) electrons. The summed E-state index contributed by atoms with van der Waals surface area (Å²) in [6.45, 7) is 0. The Balaban J connectivity index is 3.17. The van der Waals surface area contributed by atoms with Crippen molar-refractivity contribution in [2.45, 2.75) is 12.2 Å². The van der Waals surface area contributed by atoms with Gasteiger partial charge >= 0.3 is 0 Å². The Kier molecular flexibility index (Phi) is 3.32. The molecule has 0 bridgehead atoms. The first kappa shape index (κ1) is 12.9. The van der Waals surface area contributed by atoms with Crippen LogP contribution in [0.5, 0.6) is 0 Å². The van der Waals surface area contributed by atoms with Crippen LogP contribution in [0.2, 0.25) is 0 Å². The molecular weight excluding hydrogens is 240 g/mol. The highest BCUT2D eigenvalue weighted by Crippen LogP contribution is 2.32. The lowest BCUT2D eigenvalue weighted by atomic mass is 9.87. The molecule has 1 fully saturated rings. The molecule has 1 heterocycles. The molecule has 1 aliphatic heterocycles. The van der Waals surface area contributed by atoms with Crippen LogP contribution in [0, 0.1) is 11.8 Å². The third-order valence-electron chi connectivity index (χ3n) is 2.34. The van der Waals surface area contributed by atoms with Crippen LogP contribution in [0.4, 0.5) is 0 Å². The first-order chi connectivity index (χ1) is 7.77. The molecular formula is C8H4O9-4. The van der Waals surface area contributed by atoms with Crippen molar-refractivity contribution in [2.24, 2.45) is 11.8 Å². The molecule has 0 N–H and O–H groups in total. The van der Waals surface area contributed by atoms with E-state index in [1.54, 1.807) is 0 Å². The van der Waals surface area contributed by atoms with Gasteiger partial charge in [0, 0.05) is 23.8 Å². The first-order valence-electron chi connectivity index (χ1n) is 4.26. The van der Waals surface area contributed by atoms with Crippen molar-refractivity contribution in [1.29, 1.82) is 0 Å². The van der Waals surface area contributed by atoms with E-state index in [1.165, 1.54) is 0 Å². The standard InChI is InChI=1S/C8H8O9/c9-5(10)1-2(6(11)12)4(8(15)16)17-3(1)7(13)14/h1-4H,(H,9,10)(H,11,12)(H,13,14)(H,15,16)/p-4/t1-,2+,3+,4-. The van der Waals surface area contributed by atoms with Gasteiger partial charge in [-0.25, -0.2) is 0 Å². The van der Waals surface area contributed by atoms with Gasteiger partial charge in [-0.3, -0.25) is 0 Å². The largest absolute Gasteiger partial charge is 0.550 e. The van der Waals surface area contributed by atoms with Crippen molar-refractivity contribution in [3.8, 4) is 0 Å². The molecule has 1 aliphatic rings. The van der Waals surface area contributed by atoms with Gasteiger partial charge in [0.25, 0.3) is 0 Å². The van der Waals surface area contributed by atoms with Crippen LogP contribution in [-0.2, 0) is 23.9 Å². The molecule has 17 heavy (non-hydrogen) atoms. The number of carbonyl (C=O) groups is 4. The minimum atomic E-state index is -2.24. The Morgan fingerprint density at radius 2 is 0.941 bits per heavy atom. The molecule has 1 rings (SSSR count). The van der Waals surface area contributed by atoms with E-state index < -0.39 is 47.9 Å². The average molecular weight is 244 g/mol. The summed E-state index contributed by atoms with van der Waals surface area (Å²) in [6, 6.07) is 0. The van der Waals surface area contributed by atoms with Gasteiger partial charge in [-0.2, -0.15) is 0 Å². The fourth-order valence-corrected chi connectivity index (χ4v) is 1.65. The van der Waals surface area contributed by atoms with Crippen LogP contribution in [0.1, 0.15) is 0 Å². The Morgan fingerprint density at radius 3 is 1.12 bits per heavy atom. The van der Waals surface area contributed by atoms with Crippen LogP contribution in [0.25, 0.3) is 0 Å². The topological polar surface area (TPSA) is 170 Å². The summed E-state index contributed by atoms with van der Waals surface area (Å²) in [4.78, 5) is 42.2. The SMILES string of the molecule is O=C([O-])[C@@H]1[C@H](C(=O)[O-])[C@H](C(=O)[O-])O[C@@H]1C(=O)[O-]. The van der Waals surface area contributed by atoms with Gasteiger partial charge in [-0.05, 0) is 0 Å². The van der Waals surface area contributed by atoms with Crippen LogP contribution >= 0.6 is 0 Å². The zero-order chi connectivity index (χ0) is 13.3. The zero-order valence-electron chi connectivity index (χ0n) is 7.98. The molecule has 0 aromatic carbocycles. The lowest BCUT2D eigenvalue weighted by Gasteiger charge is -2.26. The predicted octanol–water partition coefficient (Wildman–Crippen LogP) is -7.01. The average Bonchev–Trinajstić information content (AvgIpc) is 2.56. The molecule has 0 aliphatic carbocycles. The molecule has 9 nitrogen and oxygen atoms in total. The summed E-state index contributed by atoms with van der Waals surface area (Å²) >= 11 is 0. The molecule has 0 saturated carbocycles. The highest BCUT2D eigenvalue weighted by molar-refractivity contribution is 5.90. The summed E-state index contributed by atoms with van der Waals surface area (Å²) in [7, 11) is 0. The number of hydrogen-bond donors (Lipinski definition) is 0. The normalized spacial score (nSPS) is 32.0. The van der Waals surface area contributed by atoms with Crippen molar-refractivity contribution >= 4 is 23.9 Å². The molecule has 0 aromatic rings. The molecule has 94 valence electrons. The maximum atomic E-state index is 10.6. The van der Waals surface area contributed by atoms with Gasteiger partial charge in [0.2, 0.25) is 0 Å². The summed E-state index contributed by atoms with van der Waals surface area (Å²) < 4.78 is 4.27. The van der Waals surface area contributed by atoms with Gasteiger partial charge in [-0.15, -0.1) is 0 Å². The molecule has 0 unspecified atom stereocenters. The van der Waals surface area contributed by atoms with Crippen LogP contribution in [0.3, 0.4) is 0 Å². The Labute approximate surface area is 93.2 Å². The van der Waals surface area contributed by atoms with Crippen molar-refractivity contribution < 1.29 is 44.3 Å². The van der Waals surface area contributed by atoms with Crippen LogP contribution in [0.15, 0.2) is 0 Å². The number of carbonyl (C=O) groups excluding carboxylic acids is 4. The minimum absolute atomic E-state index is 2.06. The van der Waals surface area contributed by atoms with E-state index in [0.29, 0.717) is 0 Å². The fourth-order valence-electron chi connectivity index (χ4n) is 1.65. The minimum Gasteiger partial charge on any atom is -0.550 e. The van der Waals surface area contributed by atoms with E-state index in [1.807, 2.05) is 0 Å². The van der Waals surface area contributed by atoms with Gasteiger partial charge in [-0.1, -0.05) is 0 Å². The third kappa shape index (κ3) is 2.18. The summed E-state index contributed by atoms with van der Waals surface area (Å²) in [6.07, 6.45) is -4.49. The van der Waals surface area contributed by atoms with Crippen molar-refractivity contribution in [3.05, 3.63) is 0 Å². The van der Waals surface area contributed by atoms with Gasteiger partial charge < -0.3 is 44.3 Å². The number of rotatable bonds is 4. The fraction of sp³-hybridized carbons (Fsp3) is 0.500. The number of carboxylic acids is 4. The van der Waals surface area contributed by atoms with E-state index in [2.05, 4.69) is 4.74 Å². The molecule has 0 amide bonds. The van der Waals surface area contributed by atoms with Crippen LogP contribution < -0.4 is 20.4 Å². The lowest BCUT2D eigenvalue weighted by molar-refractivity contribution is -0.332. The quantitative estimate of drug-likeness (QED) is 0.465. The second kappa shape index (κ2) is 4.37. The molecule has 9 heteroatoms. The predicted molar refractivity (Wildman–Crippen MR) is 35.7 cm³/mol. The Hall–Kier alpha value is -2.16. The van der Waals surface area contributed by atoms with E-state index in [4.69, 9.17) is 0 Å². The van der Waals surface area contributed by atoms with Gasteiger partial charge in [0.05, 0.1) is 11.9 Å². The highest BCUT2D eigenvalue weighted by atomic mass is 16.6. The number of ether oxygens (including phenoxy) is 1. The molecule has 1 saturated heterocycles. The summed E-state index contributed by atoms with van der Waals surface area (Å²) in [5.74, 6) is -12.7. The Bertz CT molecular complexity index is 350. The molecule has 0 aromatic heterocycles. The second-order valence-corrected chi connectivity index (χ2v) is 3.30. The number of aliphatic carboxylic acids is 4. The van der Waals surface area contributed by atoms with Crippen molar-refractivity contribution in [3.63, 3.8) is 0 Å². The van der Waals surface area contributed by atoms with Gasteiger partial charge in [0.1, 0.15) is 12.2 Å². The third-order valence-corrected chi connectivity index (χ3v) is 2.34. The molecule has 0 spiro atoms. The van der Waals surface area contributed by atoms with Crippen molar-refractivity contribution in [1.82, 2.24) is 0 Å². The monoisotopic (exact) mass is 244 g/mol. The smallest absolute Gasteiger partial charge is 0.106 e. The van der Waals surface area contributed by atoms with Gasteiger partial charge in [0.15, 0.2) is 0 Å².